The minimum absolute atomic E-state index is 0.407. The third-order valence-electron chi connectivity index (χ3n) is 7.12. The molecular formula is C30H34ClN5O3S. The Balaban J connectivity index is 1.67. The maximum atomic E-state index is 12.6. The molecule has 5 rings (SSSR count). The molecule has 0 saturated carbocycles. The van der Waals surface area contributed by atoms with Gasteiger partial charge in [0.2, 0.25) is 5.95 Å². The number of hydrogen-bond acceptors (Lipinski definition) is 8. The number of rotatable bonds is 6. The van der Waals surface area contributed by atoms with Crippen molar-refractivity contribution in [2.24, 2.45) is 0 Å². The van der Waals surface area contributed by atoms with Crippen molar-refractivity contribution in [3.05, 3.63) is 58.7 Å². The number of hydrogen-bond donors (Lipinski definition) is 1. The number of halogens is 1. The Bertz CT molecular complexity index is 1550. The van der Waals surface area contributed by atoms with E-state index in [0.717, 1.165) is 57.2 Å². The predicted molar refractivity (Wildman–Crippen MR) is 161 cm³/mol. The minimum atomic E-state index is -1.16. The van der Waals surface area contributed by atoms with Crippen LogP contribution >= 0.6 is 22.9 Å². The number of fused-ring (bicyclic) bond motifs is 1. The standard InChI is InChI=1S/C30H34ClN5O3S/c1-17-15-22-26(24(19-7-9-20(31)10-8-19)23(17)25(28(37)38)39-30(3,4)5)40-27(33-22)21-11-12-32-29(34-21)36-14-13-35(6)18(2)16-36/h7-12,15,18,25H,13-14,16H2,1-6H3,(H,37,38)/t18?,25-/m0/s1. The van der Waals surface area contributed by atoms with Crippen LogP contribution in [0.2, 0.25) is 5.02 Å². The number of aryl methyl sites for hydroxylation is 1. The highest BCUT2D eigenvalue weighted by Gasteiger charge is 2.32. The molecule has 1 aliphatic heterocycles. The largest absolute Gasteiger partial charge is 0.479 e. The number of aromatic nitrogens is 3. The molecule has 1 fully saturated rings. The Kier molecular flexibility index (Phi) is 7.85. The summed E-state index contributed by atoms with van der Waals surface area (Å²) in [5.41, 5.74) is 3.89. The SMILES string of the molecule is Cc1cc2nc(-c3ccnc(N4CCN(C)C(C)C4)n3)sc2c(-c2ccc(Cl)cc2)c1[C@H](OC(C)(C)C)C(=O)O. The Hall–Kier alpha value is -3.11. The zero-order valence-corrected chi connectivity index (χ0v) is 25.2. The second-order valence-electron chi connectivity index (χ2n) is 11.3. The number of carbonyl (C=O) groups is 1. The fourth-order valence-electron chi connectivity index (χ4n) is 5.00. The fourth-order valence-corrected chi connectivity index (χ4v) is 6.22. The summed E-state index contributed by atoms with van der Waals surface area (Å²) in [7, 11) is 2.14. The predicted octanol–water partition coefficient (Wildman–Crippen LogP) is 6.46. The Morgan fingerprint density at radius 1 is 1.18 bits per heavy atom. The first-order chi connectivity index (χ1) is 18.9. The molecule has 0 aliphatic carbocycles. The van der Waals surface area contributed by atoms with Crippen LogP contribution in [0.4, 0.5) is 5.95 Å². The summed E-state index contributed by atoms with van der Waals surface area (Å²) in [5, 5.41) is 11.6. The summed E-state index contributed by atoms with van der Waals surface area (Å²) in [5.74, 6) is -0.352. The average molecular weight is 580 g/mol. The van der Waals surface area contributed by atoms with Crippen LogP contribution in [0, 0.1) is 6.92 Å². The van der Waals surface area contributed by atoms with Gasteiger partial charge in [-0.2, -0.15) is 0 Å². The summed E-state index contributed by atoms with van der Waals surface area (Å²) in [6, 6.07) is 11.7. The van der Waals surface area contributed by atoms with Gasteiger partial charge < -0.3 is 19.6 Å². The molecule has 1 N–H and O–H groups in total. The Morgan fingerprint density at radius 2 is 1.90 bits per heavy atom. The van der Waals surface area contributed by atoms with Crippen LogP contribution in [0.3, 0.4) is 0 Å². The Labute approximate surface area is 243 Å². The second kappa shape index (κ2) is 11.0. The topological polar surface area (TPSA) is 91.7 Å². The molecule has 2 aromatic carbocycles. The number of piperazine rings is 1. The van der Waals surface area contributed by atoms with Crippen LogP contribution in [0.1, 0.15) is 44.9 Å². The molecule has 1 unspecified atom stereocenters. The number of likely N-dealkylation sites (N-methyl/N-ethyl adjacent to an activating group) is 1. The van der Waals surface area contributed by atoms with E-state index in [9.17, 15) is 9.90 Å². The zero-order valence-electron chi connectivity index (χ0n) is 23.6. The van der Waals surface area contributed by atoms with Gasteiger partial charge in [0.05, 0.1) is 15.8 Å². The molecule has 2 atom stereocenters. The molecule has 3 heterocycles. The van der Waals surface area contributed by atoms with Crippen LogP contribution < -0.4 is 4.90 Å². The van der Waals surface area contributed by atoms with Crippen molar-refractivity contribution in [3.63, 3.8) is 0 Å². The van der Waals surface area contributed by atoms with Crippen molar-refractivity contribution in [2.45, 2.75) is 52.4 Å². The van der Waals surface area contributed by atoms with Crippen LogP contribution in [-0.2, 0) is 9.53 Å². The first kappa shape index (κ1) is 28.4. The molecule has 4 aromatic rings. The number of carboxylic acid groups (broad SMARTS) is 1. The monoisotopic (exact) mass is 579 g/mol. The third kappa shape index (κ3) is 5.83. The van der Waals surface area contributed by atoms with Gasteiger partial charge in [-0.15, -0.1) is 11.3 Å². The van der Waals surface area contributed by atoms with Gasteiger partial charge in [0.1, 0.15) is 10.7 Å². The van der Waals surface area contributed by atoms with E-state index in [4.69, 9.17) is 26.3 Å². The van der Waals surface area contributed by atoms with Crippen molar-refractivity contribution in [3.8, 4) is 21.8 Å². The van der Waals surface area contributed by atoms with Gasteiger partial charge in [0.25, 0.3) is 0 Å². The number of aliphatic carboxylic acids is 1. The number of thiazole rings is 1. The minimum Gasteiger partial charge on any atom is -0.479 e. The lowest BCUT2D eigenvalue weighted by Crippen LogP contribution is -2.50. The maximum Gasteiger partial charge on any atom is 0.337 e. The van der Waals surface area contributed by atoms with Gasteiger partial charge in [0, 0.05) is 48.0 Å². The average Bonchev–Trinajstić information content (AvgIpc) is 3.32. The molecule has 210 valence electrons. The third-order valence-corrected chi connectivity index (χ3v) is 8.49. The number of ether oxygens (including phenoxy) is 1. The highest BCUT2D eigenvalue weighted by molar-refractivity contribution is 7.22. The molecule has 0 amide bonds. The lowest BCUT2D eigenvalue weighted by atomic mass is 9.91. The molecular weight excluding hydrogens is 546 g/mol. The summed E-state index contributed by atoms with van der Waals surface area (Å²) in [6.45, 7) is 12.4. The van der Waals surface area contributed by atoms with E-state index in [1.54, 1.807) is 6.20 Å². The summed E-state index contributed by atoms with van der Waals surface area (Å²) < 4.78 is 6.99. The van der Waals surface area contributed by atoms with Gasteiger partial charge in [-0.3, -0.25) is 0 Å². The van der Waals surface area contributed by atoms with Crippen molar-refractivity contribution in [1.29, 1.82) is 0 Å². The second-order valence-corrected chi connectivity index (χ2v) is 12.8. The van der Waals surface area contributed by atoms with E-state index in [-0.39, 0.29) is 0 Å². The van der Waals surface area contributed by atoms with Crippen molar-refractivity contribution in [2.75, 3.05) is 31.6 Å². The normalized spacial score (nSPS) is 17.4. The lowest BCUT2D eigenvalue weighted by molar-refractivity contribution is -0.160. The van der Waals surface area contributed by atoms with Crippen LogP contribution in [0.5, 0.6) is 0 Å². The summed E-state index contributed by atoms with van der Waals surface area (Å²) in [6.07, 6.45) is 0.617. The highest BCUT2D eigenvalue weighted by atomic mass is 35.5. The van der Waals surface area contributed by atoms with E-state index < -0.39 is 17.7 Å². The number of nitrogens with zero attached hydrogens (tertiary/aromatic N) is 5. The van der Waals surface area contributed by atoms with Crippen molar-refractivity contribution >= 4 is 45.1 Å². The van der Waals surface area contributed by atoms with E-state index >= 15 is 0 Å². The van der Waals surface area contributed by atoms with E-state index in [2.05, 4.69) is 28.8 Å². The molecule has 1 saturated heterocycles. The molecule has 1 aliphatic rings. The van der Waals surface area contributed by atoms with E-state index in [1.165, 1.54) is 11.3 Å². The lowest BCUT2D eigenvalue weighted by Gasteiger charge is -2.37. The summed E-state index contributed by atoms with van der Waals surface area (Å²) >= 11 is 7.71. The quantitative estimate of drug-likeness (QED) is 0.278. The maximum absolute atomic E-state index is 12.6. The van der Waals surface area contributed by atoms with Gasteiger partial charge in [-0.25, -0.2) is 19.7 Å². The van der Waals surface area contributed by atoms with Gasteiger partial charge >= 0.3 is 5.97 Å². The smallest absolute Gasteiger partial charge is 0.337 e. The summed E-state index contributed by atoms with van der Waals surface area (Å²) in [4.78, 5) is 31.6. The van der Waals surface area contributed by atoms with Gasteiger partial charge in [-0.1, -0.05) is 23.7 Å². The molecule has 10 heteroatoms. The van der Waals surface area contributed by atoms with E-state index in [1.807, 2.05) is 64.1 Å². The van der Waals surface area contributed by atoms with E-state index in [0.29, 0.717) is 22.6 Å². The first-order valence-corrected chi connectivity index (χ1v) is 14.5. The van der Waals surface area contributed by atoms with Crippen LogP contribution in [-0.4, -0.2) is 69.3 Å². The van der Waals surface area contributed by atoms with Crippen LogP contribution in [0.25, 0.3) is 32.0 Å². The van der Waals surface area contributed by atoms with Crippen molar-refractivity contribution < 1.29 is 14.6 Å². The molecule has 0 radical (unpaired) electrons. The van der Waals surface area contributed by atoms with Crippen LogP contribution in [0.15, 0.2) is 42.6 Å². The molecule has 2 aromatic heterocycles. The molecule has 8 nitrogen and oxygen atoms in total. The van der Waals surface area contributed by atoms with Gasteiger partial charge in [0.15, 0.2) is 6.10 Å². The number of carboxylic acids is 1. The number of anilines is 1. The highest BCUT2D eigenvalue weighted by Crippen LogP contribution is 2.44. The molecule has 0 bridgehead atoms. The molecule has 40 heavy (non-hydrogen) atoms. The molecule has 0 spiro atoms. The first-order valence-electron chi connectivity index (χ1n) is 13.3. The Morgan fingerprint density at radius 3 is 2.55 bits per heavy atom. The number of benzene rings is 2. The fraction of sp³-hybridized carbons (Fsp3) is 0.400. The van der Waals surface area contributed by atoms with Gasteiger partial charge in [-0.05, 0) is 77.1 Å². The zero-order chi connectivity index (χ0) is 28.8. The van der Waals surface area contributed by atoms with Crippen molar-refractivity contribution in [1.82, 2.24) is 19.9 Å².